The molecular formula is C20H21ClN2O5S. The third kappa shape index (κ3) is 4.54. The summed E-state index contributed by atoms with van der Waals surface area (Å²) in [5.41, 5.74) is 1.35. The Kier molecular flexibility index (Phi) is 6.14. The maximum Gasteiger partial charge on any atom is 0.252 e. The van der Waals surface area contributed by atoms with Crippen LogP contribution in [-0.2, 0) is 21.2 Å². The van der Waals surface area contributed by atoms with E-state index in [4.69, 9.17) is 16.3 Å². The number of nitrogens with one attached hydrogen (secondary N) is 1. The van der Waals surface area contributed by atoms with Crippen molar-refractivity contribution in [3.05, 3.63) is 58.6 Å². The van der Waals surface area contributed by atoms with Crippen LogP contribution in [0.1, 0.15) is 22.8 Å². The molecule has 0 aliphatic carbocycles. The molecule has 0 bridgehead atoms. The normalized spacial score (nSPS) is 18.0. The molecule has 0 saturated carbocycles. The van der Waals surface area contributed by atoms with Gasteiger partial charge in [0, 0.05) is 6.54 Å². The number of benzene rings is 2. The zero-order valence-corrected chi connectivity index (χ0v) is 17.6. The SMILES string of the molecule is COc1cccc(CCNC(=O)c2ccc(N3C(=O)C(C)CS3(=O)=O)cc2Cl)c1. The lowest BCUT2D eigenvalue weighted by atomic mass is 10.1. The first-order chi connectivity index (χ1) is 13.7. The lowest BCUT2D eigenvalue weighted by Gasteiger charge is -2.16. The van der Waals surface area contributed by atoms with Crippen molar-refractivity contribution < 1.29 is 22.7 Å². The van der Waals surface area contributed by atoms with Crippen LogP contribution in [0.3, 0.4) is 0 Å². The highest BCUT2D eigenvalue weighted by Gasteiger charge is 2.42. The minimum atomic E-state index is -3.72. The Morgan fingerprint density at radius 1 is 1.28 bits per heavy atom. The number of nitrogens with zero attached hydrogens (tertiary/aromatic N) is 1. The van der Waals surface area contributed by atoms with Gasteiger partial charge in [-0.3, -0.25) is 9.59 Å². The van der Waals surface area contributed by atoms with Gasteiger partial charge in [-0.05, 0) is 42.3 Å². The molecule has 2 aromatic carbocycles. The number of hydrogen-bond acceptors (Lipinski definition) is 5. The van der Waals surface area contributed by atoms with Crippen LogP contribution in [0.25, 0.3) is 0 Å². The smallest absolute Gasteiger partial charge is 0.252 e. The molecule has 154 valence electrons. The van der Waals surface area contributed by atoms with Crippen molar-refractivity contribution in [1.29, 1.82) is 0 Å². The molecule has 1 unspecified atom stereocenters. The summed E-state index contributed by atoms with van der Waals surface area (Å²) in [5.74, 6) is -0.993. The second-order valence-corrected chi connectivity index (χ2v) is 9.07. The lowest BCUT2D eigenvalue weighted by Crippen LogP contribution is -2.30. The molecule has 9 heteroatoms. The minimum absolute atomic E-state index is 0.0731. The number of hydrogen-bond donors (Lipinski definition) is 1. The molecule has 1 fully saturated rings. The Balaban J connectivity index is 1.68. The average Bonchev–Trinajstić information content (AvgIpc) is 2.88. The number of methoxy groups -OCH3 is 1. The van der Waals surface area contributed by atoms with Crippen LogP contribution in [0, 0.1) is 5.92 Å². The van der Waals surface area contributed by atoms with Crippen molar-refractivity contribution in [1.82, 2.24) is 5.32 Å². The minimum Gasteiger partial charge on any atom is -0.497 e. The van der Waals surface area contributed by atoms with E-state index in [0.717, 1.165) is 15.6 Å². The molecule has 2 amide bonds. The third-order valence-electron chi connectivity index (χ3n) is 4.63. The van der Waals surface area contributed by atoms with E-state index in [1.165, 1.54) is 18.2 Å². The highest BCUT2D eigenvalue weighted by molar-refractivity contribution is 7.94. The standard InChI is InChI=1S/C20H21ClN2O5S/c1-13-12-29(26,27)23(20(13)25)15-6-7-17(18(21)11-15)19(24)22-9-8-14-4-3-5-16(10-14)28-2/h3-7,10-11,13H,8-9,12H2,1-2H3,(H,22,24). The summed E-state index contributed by atoms with van der Waals surface area (Å²) in [5, 5.41) is 2.86. The quantitative estimate of drug-likeness (QED) is 0.751. The first-order valence-corrected chi connectivity index (χ1v) is 11.0. The van der Waals surface area contributed by atoms with Crippen LogP contribution in [0.5, 0.6) is 5.75 Å². The fraction of sp³-hybridized carbons (Fsp3) is 0.300. The second-order valence-electron chi connectivity index (χ2n) is 6.80. The molecule has 1 aliphatic heterocycles. The second kappa shape index (κ2) is 8.42. The summed E-state index contributed by atoms with van der Waals surface area (Å²) >= 11 is 6.21. The summed E-state index contributed by atoms with van der Waals surface area (Å²) in [4.78, 5) is 24.6. The fourth-order valence-electron chi connectivity index (χ4n) is 3.14. The average molecular weight is 437 g/mol. The molecule has 7 nitrogen and oxygen atoms in total. The third-order valence-corrected chi connectivity index (χ3v) is 6.81. The lowest BCUT2D eigenvalue weighted by molar-refractivity contribution is -0.119. The Bertz CT molecular complexity index is 1050. The van der Waals surface area contributed by atoms with Gasteiger partial charge in [0.05, 0.1) is 35.1 Å². The maximum atomic E-state index is 12.4. The largest absolute Gasteiger partial charge is 0.497 e. The highest BCUT2D eigenvalue weighted by Crippen LogP contribution is 2.31. The predicted octanol–water partition coefficient (Wildman–Crippen LogP) is 2.63. The van der Waals surface area contributed by atoms with E-state index in [9.17, 15) is 18.0 Å². The van der Waals surface area contributed by atoms with Crippen LogP contribution < -0.4 is 14.4 Å². The van der Waals surface area contributed by atoms with Crippen molar-refractivity contribution in [2.75, 3.05) is 23.7 Å². The number of carbonyl (C=O) groups is 2. The Hall–Kier alpha value is -2.58. The van der Waals surface area contributed by atoms with Crippen LogP contribution in [0.4, 0.5) is 5.69 Å². The molecule has 0 radical (unpaired) electrons. The molecule has 29 heavy (non-hydrogen) atoms. The zero-order valence-electron chi connectivity index (χ0n) is 16.0. The van der Waals surface area contributed by atoms with E-state index >= 15 is 0 Å². The number of carbonyl (C=O) groups excluding carboxylic acids is 2. The Morgan fingerprint density at radius 3 is 2.66 bits per heavy atom. The van der Waals surface area contributed by atoms with E-state index in [0.29, 0.717) is 13.0 Å². The van der Waals surface area contributed by atoms with Crippen molar-refractivity contribution >= 4 is 39.1 Å². The van der Waals surface area contributed by atoms with Crippen LogP contribution in [0.2, 0.25) is 5.02 Å². The molecule has 1 aliphatic rings. The van der Waals surface area contributed by atoms with Gasteiger partial charge >= 0.3 is 0 Å². The summed E-state index contributed by atoms with van der Waals surface area (Å²) < 4.78 is 30.3. The van der Waals surface area contributed by atoms with Gasteiger partial charge in [-0.2, -0.15) is 0 Å². The van der Waals surface area contributed by atoms with Crippen molar-refractivity contribution in [2.24, 2.45) is 5.92 Å². The van der Waals surface area contributed by atoms with Crippen LogP contribution >= 0.6 is 11.6 Å². The van der Waals surface area contributed by atoms with E-state index in [1.54, 1.807) is 14.0 Å². The fourth-order valence-corrected chi connectivity index (χ4v) is 5.22. The molecule has 2 aromatic rings. The summed E-state index contributed by atoms with van der Waals surface area (Å²) in [7, 11) is -2.13. The van der Waals surface area contributed by atoms with Crippen LogP contribution in [0.15, 0.2) is 42.5 Å². The van der Waals surface area contributed by atoms with Crippen LogP contribution in [-0.4, -0.2) is 39.6 Å². The van der Waals surface area contributed by atoms with Crippen molar-refractivity contribution in [3.63, 3.8) is 0 Å². The molecule has 1 heterocycles. The topological polar surface area (TPSA) is 92.8 Å². The van der Waals surface area contributed by atoms with Gasteiger partial charge < -0.3 is 10.1 Å². The Morgan fingerprint density at radius 2 is 2.03 bits per heavy atom. The number of halogens is 1. The van der Waals surface area contributed by atoms with Gasteiger partial charge in [-0.1, -0.05) is 30.7 Å². The van der Waals surface area contributed by atoms with Crippen molar-refractivity contribution in [3.8, 4) is 5.75 Å². The molecular weight excluding hydrogens is 416 g/mol. The number of anilines is 1. The molecule has 1 atom stereocenters. The monoisotopic (exact) mass is 436 g/mol. The van der Waals surface area contributed by atoms with Gasteiger partial charge in [0.15, 0.2) is 0 Å². The maximum absolute atomic E-state index is 12.4. The molecule has 1 N–H and O–H groups in total. The number of ether oxygens (including phenoxy) is 1. The summed E-state index contributed by atoms with van der Waals surface area (Å²) in [6.45, 7) is 1.95. The highest BCUT2D eigenvalue weighted by atomic mass is 35.5. The Labute approximate surface area is 174 Å². The molecule has 0 aromatic heterocycles. The van der Waals surface area contributed by atoms with Crippen molar-refractivity contribution in [2.45, 2.75) is 13.3 Å². The number of amides is 2. The number of rotatable bonds is 6. The summed E-state index contributed by atoms with van der Waals surface area (Å²) in [6.07, 6.45) is 0.608. The van der Waals surface area contributed by atoms with E-state index in [2.05, 4.69) is 5.32 Å². The van der Waals surface area contributed by atoms with E-state index in [1.807, 2.05) is 24.3 Å². The summed E-state index contributed by atoms with van der Waals surface area (Å²) in [6, 6.07) is 11.7. The van der Waals surface area contributed by atoms with Gasteiger partial charge in [0.2, 0.25) is 15.9 Å². The molecule has 3 rings (SSSR count). The first-order valence-electron chi connectivity index (χ1n) is 9.00. The van der Waals surface area contributed by atoms with E-state index in [-0.39, 0.29) is 27.9 Å². The predicted molar refractivity (Wildman–Crippen MR) is 111 cm³/mol. The number of sulfonamides is 1. The van der Waals surface area contributed by atoms with Gasteiger partial charge in [-0.25, -0.2) is 12.7 Å². The van der Waals surface area contributed by atoms with Gasteiger partial charge in [-0.15, -0.1) is 0 Å². The van der Waals surface area contributed by atoms with Gasteiger partial charge in [0.1, 0.15) is 5.75 Å². The molecule has 0 spiro atoms. The van der Waals surface area contributed by atoms with E-state index < -0.39 is 21.8 Å². The molecule has 1 saturated heterocycles. The zero-order chi connectivity index (χ0) is 21.2. The first kappa shape index (κ1) is 21.1. The van der Waals surface area contributed by atoms with Gasteiger partial charge in [0.25, 0.3) is 5.91 Å².